The second-order valence-electron chi connectivity index (χ2n) is 8.25. The summed E-state index contributed by atoms with van der Waals surface area (Å²) in [4.78, 5) is 10.8. The molecule has 25 heavy (non-hydrogen) atoms. The number of carboxylic acids is 1. The third-order valence-corrected chi connectivity index (χ3v) is 7.11. The molecule has 136 valence electrons. The molecule has 2 saturated carbocycles. The van der Waals surface area contributed by atoms with E-state index in [0.717, 1.165) is 44.1 Å². The van der Waals surface area contributed by atoms with Gasteiger partial charge in [-0.3, -0.25) is 0 Å². The summed E-state index contributed by atoms with van der Waals surface area (Å²) in [6, 6.07) is 3.61. The maximum Gasteiger partial charge on any atom is 0.341 e. The maximum absolute atomic E-state index is 10.8. The average molecular weight is 346 g/mol. The fourth-order valence-corrected chi connectivity index (χ4v) is 5.81. The SMILES string of the molecule is C[C@]12CC[C@@H]3c4cc(OCC(=O)O)c(O)cc4CC[C@H]3[C@@H]1CC[C@@H]2O. The fourth-order valence-electron chi connectivity index (χ4n) is 5.81. The fraction of sp³-hybridized carbons (Fsp3) is 0.650. The van der Waals surface area contributed by atoms with E-state index in [1.165, 1.54) is 5.56 Å². The van der Waals surface area contributed by atoms with Gasteiger partial charge in [0.25, 0.3) is 0 Å². The molecule has 0 aromatic heterocycles. The topological polar surface area (TPSA) is 87.0 Å². The highest BCUT2D eigenvalue weighted by atomic mass is 16.5. The predicted molar refractivity (Wildman–Crippen MR) is 91.9 cm³/mol. The lowest BCUT2D eigenvalue weighted by atomic mass is 9.55. The van der Waals surface area contributed by atoms with Crippen molar-refractivity contribution in [2.45, 2.75) is 57.5 Å². The number of aliphatic hydroxyl groups excluding tert-OH is 1. The smallest absolute Gasteiger partial charge is 0.341 e. The quantitative estimate of drug-likeness (QED) is 0.783. The number of carbonyl (C=O) groups is 1. The second kappa shape index (κ2) is 5.90. The van der Waals surface area contributed by atoms with Gasteiger partial charge in [-0.1, -0.05) is 6.92 Å². The van der Waals surface area contributed by atoms with Crippen LogP contribution in [0.3, 0.4) is 0 Å². The van der Waals surface area contributed by atoms with Crippen LogP contribution in [-0.2, 0) is 11.2 Å². The summed E-state index contributed by atoms with van der Waals surface area (Å²) in [6.45, 7) is 1.80. The minimum atomic E-state index is -1.05. The van der Waals surface area contributed by atoms with Crippen molar-refractivity contribution in [3.05, 3.63) is 23.3 Å². The molecule has 0 saturated heterocycles. The van der Waals surface area contributed by atoms with Gasteiger partial charge in [0.15, 0.2) is 18.1 Å². The van der Waals surface area contributed by atoms with E-state index in [2.05, 4.69) is 6.92 Å². The number of aliphatic hydroxyl groups is 1. The lowest BCUT2D eigenvalue weighted by Crippen LogP contribution is -2.43. The predicted octanol–water partition coefficient (Wildman–Crippen LogP) is 3.07. The van der Waals surface area contributed by atoms with Crippen LogP contribution in [0.5, 0.6) is 11.5 Å². The van der Waals surface area contributed by atoms with Gasteiger partial charge < -0.3 is 20.1 Å². The largest absolute Gasteiger partial charge is 0.504 e. The lowest BCUT2D eigenvalue weighted by Gasteiger charge is -2.50. The Labute approximate surface area is 147 Å². The summed E-state index contributed by atoms with van der Waals surface area (Å²) >= 11 is 0. The number of benzene rings is 1. The Kier molecular flexibility index (Phi) is 3.95. The zero-order chi connectivity index (χ0) is 17.8. The molecule has 1 aromatic carbocycles. The van der Waals surface area contributed by atoms with Crippen LogP contribution in [0.25, 0.3) is 0 Å². The zero-order valence-electron chi connectivity index (χ0n) is 14.6. The summed E-state index contributed by atoms with van der Waals surface area (Å²) in [5, 5.41) is 29.4. The molecule has 0 amide bonds. The summed E-state index contributed by atoms with van der Waals surface area (Å²) in [6.07, 6.45) is 5.88. The Bertz CT molecular complexity index is 700. The molecule has 3 aliphatic carbocycles. The van der Waals surface area contributed by atoms with E-state index in [0.29, 0.717) is 17.8 Å². The molecule has 0 radical (unpaired) electrons. The number of carboxylic acid groups (broad SMARTS) is 1. The molecule has 5 heteroatoms. The third-order valence-electron chi connectivity index (χ3n) is 7.11. The van der Waals surface area contributed by atoms with Crippen molar-refractivity contribution in [1.82, 2.24) is 0 Å². The highest BCUT2D eigenvalue weighted by molar-refractivity contribution is 5.68. The molecular formula is C20H26O5. The van der Waals surface area contributed by atoms with Gasteiger partial charge in [0.05, 0.1) is 6.10 Å². The summed E-state index contributed by atoms with van der Waals surface area (Å²) < 4.78 is 5.28. The molecule has 0 aliphatic heterocycles. The second-order valence-corrected chi connectivity index (χ2v) is 8.25. The summed E-state index contributed by atoms with van der Waals surface area (Å²) in [5.74, 6) is 0.757. The van der Waals surface area contributed by atoms with Crippen LogP contribution >= 0.6 is 0 Å². The van der Waals surface area contributed by atoms with E-state index >= 15 is 0 Å². The Hall–Kier alpha value is -1.75. The van der Waals surface area contributed by atoms with Gasteiger partial charge >= 0.3 is 5.97 Å². The van der Waals surface area contributed by atoms with Gasteiger partial charge in [-0.25, -0.2) is 4.79 Å². The van der Waals surface area contributed by atoms with Crippen molar-refractivity contribution in [2.24, 2.45) is 17.3 Å². The van der Waals surface area contributed by atoms with Gasteiger partial charge in [-0.15, -0.1) is 0 Å². The van der Waals surface area contributed by atoms with Crippen molar-refractivity contribution < 1.29 is 24.9 Å². The van der Waals surface area contributed by atoms with Crippen molar-refractivity contribution in [3.63, 3.8) is 0 Å². The van der Waals surface area contributed by atoms with Crippen LogP contribution < -0.4 is 4.74 Å². The van der Waals surface area contributed by atoms with E-state index in [4.69, 9.17) is 9.84 Å². The van der Waals surface area contributed by atoms with Gasteiger partial charge in [0.2, 0.25) is 0 Å². The van der Waals surface area contributed by atoms with Crippen LogP contribution in [0.1, 0.15) is 56.1 Å². The number of ether oxygens (including phenoxy) is 1. The molecule has 5 atom stereocenters. The summed E-state index contributed by atoms with van der Waals surface area (Å²) in [5.41, 5.74) is 2.40. The van der Waals surface area contributed by atoms with Gasteiger partial charge in [0, 0.05) is 0 Å². The van der Waals surface area contributed by atoms with Crippen LogP contribution in [0.15, 0.2) is 12.1 Å². The van der Waals surface area contributed by atoms with Crippen LogP contribution in [-0.4, -0.2) is 34.0 Å². The monoisotopic (exact) mass is 346 g/mol. The molecule has 5 nitrogen and oxygen atoms in total. The molecule has 0 spiro atoms. The Morgan fingerprint density at radius 2 is 2.08 bits per heavy atom. The first-order valence-corrected chi connectivity index (χ1v) is 9.28. The molecule has 2 fully saturated rings. The number of aromatic hydroxyl groups is 1. The Morgan fingerprint density at radius 3 is 2.84 bits per heavy atom. The zero-order valence-corrected chi connectivity index (χ0v) is 14.6. The molecular weight excluding hydrogens is 320 g/mol. The standard InChI is InChI=1S/C20H26O5/c1-20-7-6-12-13(15(20)4-5-18(20)22)3-2-11-8-16(21)17(9-14(11)12)25-10-19(23)24/h8-9,12-13,15,18,21-22H,2-7,10H2,1H3,(H,23,24)/t12-,13+,15-,18-,20-/m0/s1. The summed E-state index contributed by atoms with van der Waals surface area (Å²) in [7, 11) is 0. The number of fused-ring (bicyclic) bond motifs is 5. The van der Waals surface area contributed by atoms with Crippen molar-refractivity contribution in [2.75, 3.05) is 6.61 Å². The van der Waals surface area contributed by atoms with Gasteiger partial charge in [0.1, 0.15) is 0 Å². The number of phenols is 1. The first-order chi connectivity index (χ1) is 11.9. The number of aryl methyl sites for hydroxylation is 1. The van der Waals surface area contributed by atoms with Crippen molar-refractivity contribution in [1.29, 1.82) is 0 Å². The Morgan fingerprint density at radius 1 is 1.28 bits per heavy atom. The number of rotatable bonds is 3. The first-order valence-electron chi connectivity index (χ1n) is 9.28. The van der Waals surface area contributed by atoms with E-state index in [1.54, 1.807) is 6.07 Å². The number of hydrogen-bond acceptors (Lipinski definition) is 4. The highest BCUT2D eigenvalue weighted by Crippen LogP contribution is 2.61. The molecule has 3 aliphatic rings. The van der Waals surface area contributed by atoms with Crippen molar-refractivity contribution >= 4 is 5.97 Å². The maximum atomic E-state index is 10.8. The van der Waals surface area contributed by atoms with Crippen molar-refractivity contribution in [3.8, 4) is 11.5 Å². The molecule has 0 bridgehead atoms. The molecule has 0 unspecified atom stereocenters. The van der Waals surface area contributed by atoms with Crippen LogP contribution in [0.2, 0.25) is 0 Å². The average Bonchev–Trinajstić information content (AvgIpc) is 2.88. The van der Waals surface area contributed by atoms with E-state index in [-0.39, 0.29) is 23.0 Å². The van der Waals surface area contributed by atoms with Crippen LogP contribution in [0.4, 0.5) is 0 Å². The third kappa shape index (κ3) is 2.60. The molecule has 4 rings (SSSR count). The molecule has 1 aromatic rings. The molecule has 3 N–H and O–H groups in total. The minimum Gasteiger partial charge on any atom is -0.504 e. The molecule has 0 heterocycles. The van der Waals surface area contributed by atoms with Gasteiger partial charge in [-0.2, -0.15) is 0 Å². The van der Waals surface area contributed by atoms with Crippen LogP contribution in [0, 0.1) is 17.3 Å². The number of hydrogen-bond donors (Lipinski definition) is 3. The van der Waals surface area contributed by atoms with Gasteiger partial charge in [-0.05, 0) is 85.0 Å². The highest BCUT2D eigenvalue weighted by Gasteiger charge is 2.54. The Balaban J connectivity index is 1.65. The normalized spacial score (nSPS) is 36.2. The lowest BCUT2D eigenvalue weighted by molar-refractivity contribution is -0.139. The minimum absolute atomic E-state index is 0.0235. The van der Waals surface area contributed by atoms with E-state index in [1.807, 2.05) is 6.07 Å². The van der Waals surface area contributed by atoms with E-state index in [9.17, 15) is 15.0 Å². The number of phenolic OH excluding ortho intramolecular Hbond substituents is 1. The number of aliphatic carboxylic acids is 1. The van der Waals surface area contributed by atoms with E-state index < -0.39 is 12.6 Å². The first kappa shape index (κ1) is 16.7.